The van der Waals surface area contributed by atoms with E-state index in [2.05, 4.69) is 23.3 Å². The van der Waals surface area contributed by atoms with Crippen LogP contribution in [0.5, 0.6) is 0 Å². The van der Waals surface area contributed by atoms with Gasteiger partial charge in [0.1, 0.15) is 18.1 Å². The molecule has 1 rings (SSSR count). The highest BCUT2D eigenvalue weighted by molar-refractivity contribution is 7.80. The van der Waals surface area contributed by atoms with Crippen molar-refractivity contribution >= 4 is 42.3 Å². The number of rotatable bonds is 10. The Kier molecular flexibility index (Phi) is 9.19. The van der Waals surface area contributed by atoms with Gasteiger partial charge in [0.2, 0.25) is 17.7 Å². The van der Waals surface area contributed by atoms with Gasteiger partial charge >= 0.3 is 11.9 Å². The van der Waals surface area contributed by atoms with Crippen molar-refractivity contribution in [2.24, 2.45) is 5.73 Å². The lowest BCUT2D eigenvalue weighted by atomic mass is 10.1. The lowest BCUT2D eigenvalue weighted by molar-refractivity contribution is -0.142. The maximum Gasteiger partial charge on any atom is 0.327 e. The minimum absolute atomic E-state index is 0.0435. The number of aliphatic carboxylic acids is 2. The molecule has 4 unspecified atom stereocenters. The minimum atomic E-state index is -1.25. The molecule has 158 valence electrons. The van der Waals surface area contributed by atoms with Crippen molar-refractivity contribution in [1.29, 1.82) is 0 Å². The summed E-state index contributed by atoms with van der Waals surface area (Å²) in [6, 6.07) is -4.06. The van der Waals surface area contributed by atoms with Crippen LogP contribution in [0, 0.1) is 0 Å². The molecule has 1 aliphatic heterocycles. The van der Waals surface area contributed by atoms with E-state index in [1.165, 1.54) is 11.8 Å². The van der Waals surface area contributed by atoms with Crippen LogP contribution >= 0.6 is 12.6 Å². The van der Waals surface area contributed by atoms with Crippen LogP contribution in [-0.4, -0.2) is 81.2 Å². The van der Waals surface area contributed by atoms with E-state index >= 15 is 0 Å². The molecule has 12 heteroatoms. The van der Waals surface area contributed by atoms with Gasteiger partial charge in [-0.25, -0.2) is 4.79 Å². The zero-order valence-electron chi connectivity index (χ0n) is 15.5. The Morgan fingerprint density at radius 2 is 1.86 bits per heavy atom. The van der Waals surface area contributed by atoms with Crippen LogP contribution in [0.1, 0.15) is 32.6 Å². The predicted octanol–water partition coefficient (Wildman–Crippen LogP) is -1.83. The summed E-state index contributed by atoms with van der Waals surface area (Å²) in [6.45, 7) is 1.70. The van der Waals surface area contributed by atoms with Crippen molar-refractivity contribution < 1.29 is 34.2 Å². The second-order valence-corrected chi connectivity index (χ2v) is 6.91. The number of carbonyl (C=O) groups excluding carboxylic acids is 3. The van der Waals surface area contributed by atoms with Crippen molar-refractivity contribution in [3.05, 3.63) is 0 Å². The van der Waals surface area contributed by atoms with Crippen molar-refractivity contribution in [2.75, 3.05) is 12.3 Å². The molecule has 0 aromatic carbocycles. The summed E-state index contributed by atoms with van der Waals surface area (Å²) in [7, 11) is 0. The maximum atomic E-state index is 12.5. The van der Waals surface area contributed by atoms with Crippen LogP contribution in [0.4, 0.5) is 0 Å². The summed E-state index contributed by atoms with van der Waals surface area (Å²) < 4.78 is 0. The van der Waals surface area contributed by atoms with Crippen molar-refractivity contribution in [3.8, 4) is 0 Å². The first-order valence-electron chi connectivity index (χ1n) is 8.80. The number of nitrogens with one attached hydrogen (secondary N) is 2. The van der Waals surface area contributed by atoms with Gasteiger partial charge in [0.25, 0.3) is 0 Å². The summed E-state index contributed by atoms with van der Waals surface area (Å²) in [4.78, 5) is 59.9. The fraction of sp³-hybridized carbons (Fsp3) is 0.688. The van der Waals surface area contributed by atoms with Crippen LogP contribution in [0.2, 0.25) is 0 Å². The summed E-state index contributed by atoms with van der Waals surface area (Å²) in [5.74, 6) is -4.19. The monoisotopic (exact) mass is 418 g/mol. The SMILES string of the molecule is CC(NC(=O)C1CCCN1C(=O)C(N)CCC(=O)O)C(=O)NC(CS)C(=O)O. The van der Waals surface area contributed by atoms with E-state index in [0.29, 0.717) is 19.4 Å². The quantitative estimate of drug-likeness (QED) is 0.224. The van der Waals surface area contributed by atoms with Gasteiger partial charge in [0.05, 0.1) is 6.04 Å². The Balaban J connectivity index is 2.66. The van der Waals surface area contributed by atoms with Crippen LogP contribution in [0.15, 0.2) is 0 Å². The Bertz CT molecular complexity index is 630. The van der Waals surface area contributed by atoms with E-state index < -0.39 is 53.8 Å². The number of hydrogen-bond donors (Lipinski definition) is 6. The molecule has 4 atom stereocenters. The third kappa shape index (κ3) is 6.68. The molecule has 0 bridgehead atoms. The molecule has 0 radical (unpaired) electrons. The second kappa shape index (κ2) is 10.9. The highest BCUT2D eigenvalue weighted by Gasteiger charge is 2.37. The Labute approximate surface area is 167 Å². The lowest BCUT2D eigenvalue weighted by Crippen LogP contribution is -2.56. The van der Waals surface area contributed by atoms with Gasteiger partial charge < -0.3 is 31.5 Å². The number of nitrogens with two attached hydrogens (primary N) is 1. The molecule has 6 N–H and O–H groups in total. The molecular formula is C16H26N4O7S. The number of thiol groups is 1. The molecule has 0 aromatic heterocycles. The lowest BCUT2D eigenvalue weighted by Gasteiger charge is -2.27. The van der Waals surface area contributed by atoms with Gasteiger partial charge in [-0.05, 0) is 26.2 Å². The number of carboxylic acid groups (broad SMARTS) is 2. The van der Waals surface area contributed by atoms with E-state index in [4.69, 9.17) is 15.9 Å². The van der Waals surface area contributed by atoms with Crippen molar-refractivity contribution in [3.63, 3.8) is 0 Å². The first kappa shape index (κ1) is 23.7. The van der Waals surface area contributed by atoms with Gasteiger partial charge in [0, 0.05) is 18.7 Å². The number of carbonyl (C=O) groups is 5. The highest BCUT2D eigenvalue weighted by Crippen LogP contribution is 2.19. The number of amides is 3. The van der Waals surface area contributed by atoms with Gasteiger partial charge in [0.15, 0.2) is 0 Å². The first-order valence-corrected chi connectivity index (χ1v) is 9.44. The van der Waals surface area contributed by atoms with E-state index in [0.717, 1.165) is 0 Å². The number of carboxylic acids is 2. The van der Waals surface area contributed by atoms with Gasteiger partial charge in [-0.2, -0.15) is 12.6 Å². The molecule has 0 aromatic rings. The van der Waals surface area contributed by atoms with Crippen molar-refractivity contribution in [1.82, 2.24) is 15.5 Å². The molecule has 3 amide bonds. The molecule has 28 heavy (non-hydrogen) atoms. The summed E-state index contributed by atoms with van der Waals surface area (Å²) in [5, 5.41) is 22.4. The normalized spacial score (nSPS) is 19.4. The van der Waals surface area contributed by atoms with Gasteiger partial charge in [-0.15, -0.1) is 0 Å². The van der Waals surface area contributed by atoms with Crippen LogP contribution in [-0.2, 0) is 24.0 Å². The Morgan fingerprint density at radius 1 is 1.21 bits per heavy atom. The molecule has 1 aliphatic rings. The molecule has 1 saturated heterocycles. The molecule has 0 aliphatic carbocycles. The summed E-state index contributed by atoms with van der Waals surface area (Å²) in [6.07, 6.45) is 0.644. The predicted molar refractivity (Wildman–Crippen MR) is 101 cm³/mol. The third-order valence-electron chi connectivity index (χ3n) is 4.37. The molecular weight excluding hydrogens is 392 g/mol. The largest absolute Gasteiger partial charge is 0.481 e. The standard InChI is InChI=1S/C16H26N4O7S/c1-8(13(23)19-10(7-28)16(26)27)18-14(24)11-3-2-6-20(11)15(25)9(17)4-5-12(21)22/h8-11,28H,2-7,17H2,1H3,(H,18,24)(H,19,23)(H,21,22)(H,26,27). The van der Waals surface area contributed by atoms with Crippen LogP contribution in [0.25, 0.3) is 0 Å². The van der Waals surface area contributed by atoms with Crippen LogP contribution in [0.3, 0.4) is 0 Å². The molecule has 11 nitrogen and oxygen atoms in total. The fourth-order valence-electron chi connectivity index (χ4n) is 2.78. The number of likely N-dealkylation sites (tertiary alicyclic amines) is 1. The Morgan fingerprint density at radius 3 is 2.39 bits per heavy atom. The van der Waals surface area contributed by atoms with Gasteiger partial charge in [-0.3, -0.25) is 19.2 Å². The van der Waals surface area contributed by atoms with Gasteiger partial charge in [-0.1, -0.05) is 0 Å². The zero-order valence-corrected chi connectivity index (χ0v) is 16.4. The smallest absolute Gasteiger partial charge is 0.327 e. The molecule has 1 fully saturated rings. The number of hydrogen-bond acceptors (Lipinski definition) is 7. The molecule has 0 saturated carbocycles. The average molecular weight is 418 g/mol. The molecule has 1 heterocycles. The van der Waals surface area contributed by atoms with Crippen molar-refractivity contribution in [2.45, 2.75) is 56.8 Å². The van der Waals surface area contributed by atoms with Crippen LogP contribution < -0.4 is 16.4 Å². The summed E-state index contributed by atoms with van der Waals surface area (Å²) >= 11 is 3.85. The Hall–Kier alpha value is -2.34. The first-order chi connectivity index (χ1) is 13.1. The topological polar surface area (TPSA) is 179 Å². The minimum Gasteiger partial charge on any atom is -0.481 e. The van der Waals surface area contributed by atoms with E-state index in [-0.39, 0.29) is 18.6 Å². The second-order valence-electron chi connectivity index (χ2n) is 6.54. The number of nitrogens with zero attached hydrogens (tertiary/aromatic N) is 1. The zero-order chi connectivity index (χ0) is 21.4. The maximum absolute atomic E-state index is 12.5. The molecule has 0 spiro atoms. The average Bonchev–Trinajstić information content (AvgIpc) is 3.12. The van der Waals surface area contributed by atoms with E-state index in [1.807, 2.05) is 0 Å². The summed E-state index contributed by atoms with van der Waals surface area (Å²) in [5.41, 5.74) is 5.74. The third-order valence-corrected chi connectivity index (χ3v) is 4.74. The fourth-order valence-corrected chi connectivity index (χ4v) is 3.02. The van der Waals surface area contributed by atoms with E-state index in [1.54, 1.807) is 0 Å². The van der Waals surface area contributed by atoms with E-state index in [9.17, 15) is 24.0 Å². The highest BCUT2D eigenvalue weighted by atomic mass is 32.1.